The van der Waals surface area contributed by atoms with Crippen LogP contribution in [0.25, 0.3) is 0 Å². The molecule has 0 radical (unpaired) electrons. The summed E-state index contributed by atoms with van der Waals surface area (Å²) in [7, 11) is 0. The van der Waals surface area contributed by atoms with Crippen LogP contribution >= 0.6 is 0 Å². The van der Waals surface area contributed by atoms with E-state index >= 15 is 0 Å². The van der Waals surface area contributed by atoms with Crippen molar-refractivity contribution < 1.29 is 9.59 Å². The van der Waals surface area contributed by atoms with Gasteiger partial charge in [-0.1, -0.05) is 30.4 Å². The molecule has 1 aromatic carbocycles. The lowest BCUT2D eigenvalue weighted by molar-refractivity contribution is -0.146. The molecule has 21 heavy (non-hydrogen) atoms. The molecule has 1 aliphatic heterocycles. The van der Waals surface area contributed by atoms with Crippen molar-refractivity contribution in [2.75, 3.05) is 5.01 Å². The molecule has 106 valence electrons. The second kappa shape index (κ2) is 3.75. The summed E-state index contributed by atoms with van der Waals surface area (Å²) >= 11 is 0. The molecule has 1 heterocycles. The molecule has 6 rings (SSSR count). The minimum Gasteiger partial charge on any atom is -0.273 e. The van der Waals surface area contributed by atoms with E-state index in [-0.39, 0.29) is 35.5 Å². The summed E-state index contributed by atoms with van der Waals surface area (Å²) in [5.41, 5.74) is 3.56. The molecule has 5 aliphatic rings. The first-order valence-electron chi connectivity index (χ1n) is 7.63. The standard InChI is InChI=1S/C17H16N2O2/c20-16-14-10-6-7-11(13-8-12(10)13)15(14)17(21)19(18-16)9-4-2-1-3-5-9/h1-7,10-15H,8H2,(H,18,20)/t10-,11-,12-,13-,14+,15+/m1/s1. The predicted molar refractivity (Wildman–Crippen MR) is 76.8 cm³/mol. The normalized spacial score (nSPS) is 42.4. The fraction of sp³-hybridized carbons (Fsp3) is 0.412. The maximum absolute atomic E-state index is 12.9. The molecule has 1 aromatic rings. The van der Waals surface area contributed by atoms with E-state index in [0.717, 1.165) is 5.69 Å². The largest absolute Gasteiger partial charge is 0.273 e. The third-order valence-corrected chi connectivity index (χ3v) is 5.70. The van der Waals surface area contributed by atoms with Gasteiger partial charge in [-0.3, -0.25) is 15.0 Å². The van der Waals surface area contributed by atoms with E-state index in [1.165, 1.54) is 11.4 Å². The molecule has 4 heteroatoms. The number of benzene rings is 1. The minimum atomic E-state index is -0.169. The van der Waals surface area contributed by atoms with Crippen LogP contribution in [-0.2, 0) is 9.59 Å². The first kappa shape index (κ1) is 11.5. The number of carbonyl (C=O) groups is 2. The summed E-state index contributed by atoms with van der Waals surface area (Å²) in [6, 6.07) is 9.38. The van der Waals surface area contributed by atoms with Gasteiger partial charge in [0.15, 0.2) is 0 Å². The van der Waals surface area contributed by atoms with Crippen molar-refractivity contribution in [2.45, 2.75) is 6.42 Å². The summed E-state index contributed by atoms with van der Waals surface area (Å²) in [6.07, 6.45) is 5.56. The van der Waals surface area contributed by atoms with Crippen LogP contribution in [-0.4, -0.2) is 11.8 Å². The van der Waals surface area contributed by atoms with Crippen molar-refractivity contribution in [3.05, 3.63) is 42.5 Å². The molecular formula is C17H16N2O2. The average Bonchev–Trinajstić information content (AvgIpc) is 3.33. The second-order valence-corrected chi connectivity index (χ2v) is 6.64. The van der Waals surface area contributed by atoms with Gasteiger partial charge in [-0.15, -0.1) is 0 Å². The number of nitrogens with one attached hydrogen (secondary N) is 1. The molecule has 2 saturated carbocycles. The molecule has 0 spiro atoms. The Labute approximate surface area is 122 Å². The molecule has 6 atom stereocenters. The zero-order valence-electron chi connectivity index (χ0n) is 11.5. The predicted octanol–water partition coefficient (Wildman–Crippen LogP) is 1.75. The Hall–Kier alpha value is -2.10. The first-order chi connectivity index (χ1) is 10.3. The molecule has 4 nitrogen and oxygen atoms in total. The maximum atomic E-state index is 12.9. The molecule has 4 aliphatic carbocycles. The van der Waals surface area contributed by atoms with Crippen molar-refractivity contribution in [3.8, 4) is 0 Å². The summed E-state index contributed by atoms with van der Waals surface area (Å²) in [4.78, 5) is 25.5. The highest BCUT2D eigenvalue weighted by Gasteiger charge is 2.64. The van der Waals surface area contributed by atoms with Crippen molar-refractivity contribution in [1.82, 2.24) is 5.43 Å². The fourth-order valence-electron chi connectivity index (χ4n) is 4.73. The third kappa shape index (κ3) is 1.40. The molecular weight excluding hydrogens is 264 g/mol. The van der Waals surface area contributed by atoms with Crippen LogP contribution in [0, 0.1) is 35.5 Å². The highest BCUT2D eigenvalue weighted by Crippen LogP contribution is 2.64. The smallest absolute Gasteiger partial charge is 0.250 e. The average molecular weight is 280 g/mol. The number of amides is 2. The van der Waals surface area contributed by atoms with Crippen molar-refractivity contribution in [2.24, 2.45) is 35.5 Å². The monoisotopic (exact) mass is 280 g/mol. The van der Waals surface area contributed by atoms with E-state index in [1.54, 1.807) is 0 Å². The van der Waals surface area contributed by atoms with Gasteiger partial charge in [0, 0.05) is 0 Å². The van der Waals surface area contributed by atoms with Crippen LogP contribution in [0.5, 0.6) is 0 Å². The van der Waals surface area contributed by atoms with Gasteiger partial charge in [-0.25, -0.2) is 5.01 Å². The van der Waals surface area contributed by atoms with Crippen molar-refractivity contribution in [3.63, 3.8) is 0 Å². The van der Waals surface area contributed by atoms with E-state index in [4.69, 9.17) is 0 Å². The number of hydrogen-bond donors (Lipinski definition) is 1. The zero-order chi connectivity index (χ0) is 14.1. The van der Waals surface area contributed by atoms with E-state index in [1.807, 2.05) is 30.3 Å². The lowest BCUT2D eigenvalue weighted by Gasteiger charge is -2.48. The van der Waals surface area contributed by atoms with Gasteiger partial charge in [-0.05, 0) is 42.2 Å². The topological polar surface area (TPSA) is 49.4 Å². The molecule has 2 bridgehead atoms. The van der Waals surface area contributed by atoms with E-state index < -0.39 is 0 Å². The van der Waals surface area contributed by atoms with E-state index in [0.29, 0.717) is 11.8 Å². The van der Waals surface area contributed by atoms with Crippen LogP contribution in [0.15, 0.2) is 42.5 Å². The zero-order valence-corrected chi connectivity index (χ0v) is 11.5. The van der Waals surface area contributed by atoms with Crippen LogP contribution in [0.1, 0.15) is 6.42 Å². The van der Waals surface area contributed by atoms with Crippen molar-refractivity contribution >= 4 is 17.5 Å². The van der Waals surface area contributed by atoms with E-state index in [9.17, 15) is 9.59 Å². The van der Waals surface area contributed by atoms with Gasteiger partial charge < -0.3 is 0 Å². The Morgan fingerprint density at radius 2 is 1.62 bits per heavy atom. The van der Waals surface area contributed by atoms with Crippen LogP contribution in [0.2, 0.25) is 0 Å². The Morgan fingerprint density at radius 3 is 2.33 bits per heavy atom. The number of rotatable bonds is 1. The number of anilines is 1. The van der Waals surface area contributed by atoms with Crippen LogP contribution in [0.3, 0.4) is 0 Å². The SMILES string of the molecule is O=C1NN(c2ccccc2)C(=O)[C@H]2[C@@H]3C=C[C@H]([C@H]4C[C@H]34)[C@H]12. The Balaban J connectivity index is 1.56. The third-order valence-electron chi connectivity index (χ3n) is 5.70. The number of hydrazine groups is 1. The van der Waals surface area contributed by atoms with Gasteiger partial charge >= 0.3 is 0 Å². The number of carbonyl (C=O) groups excluding carboxylic acids is 2. The Kier molecular flexibility index (Phi) is 2.06. The highest BCUT2D eigenvalue weighted by molar-refractivity contribution is 6.04. The summed E-state index contributed by atoms with van der Waals surface area (Å²) in [5, 5.41) is 1.45. The lowest BCUT2D eigenvalue weighted by atomic mass is 9.61. The molecule has 1 saturated heterocycles. The quantitative estimate of drug-likeness (QED) is 0.797. The number of hydrogen-bond acceptors (Lipinski definition) is 2. The van der Waals surface area contributed by atoms with Crippen LogP contribution in [0.4, 0.5) is 5.69 Å². The number of nitrogens with zero attached hydrogens (tertiary/aromatic N) is 1. The highest BCUT2D eigenvalue weighted by atomic mass is 16.2. The molecule has 2 amide bonds. The van der Waals surface area contributed by atoms with Crippen LogP contribution < -0.4 is 10.4 Å². The van der Waals surface area contributed by atoms with Gasteiger partial charge in [0.2, 0.25) is 11.8 Å². The number of allylic oxidation sites excluding steroid dienone is 2. The minimum absolute atomic E-state index is 0.00755. The van der Waals surface area contributed by atoms with Crippen molar-refractivity contribution in [1.29, 1.82) is 0 Å². The molecule has 0 unspecified atom stereocenters. The summed E-state index contributed by atoms with van der Waals surface area (Å²) < 4.78 is 0. The van der Waals surface area contributed by atoms with Gasteiger partial charge in [0.1, 0.15) is 0 Å². The molecule has 0 aromatic heterocycles. The van der Waals surface area contributed by atoms with Gasteiger partial charge in [-0.2, -0.15) is 0 Å². The first-order valence-corrected chi connectivity index (χ1v) is 7.63. The molecule has 1 N–H and O–H groups in total. The van der Waals surface area contributed by atoms with Gasteiger partial charge in [0.05, 0.1) is 17.5 Å². The second-order valence-electron chi connectivity index (χ2n) is 6.64. The fourth-order valence-corrected chi connectivity index (χ4v) is 4.73. The molecule has 3 fully saturated rings. The van der Waals surface area contributed by atoms with Gasteiger partial charge in [0.25, 0.3) is 0 Å². The summed E-state index contributed by atoms with van der Waals surface area (Å²) in [5.74, 6) is 1.54. The lowest BCUT2D eigenvalue weighted by Crippen LogP contribution is -2.64. The Bertz CT molecular complexity index is 669. The Morgan fingerprint density at radius 1 is 0.952 bits per heavy atom. The maximum Gasteiger partial charge on any atom is 0.250 e. The van der Waals surface area contributed by atoms with E-state index in [2.05, 4.69) is 17.6 Å². The number of para-hydroxylation sites is 1. The summed E-state index contributed by atoms with van der Waals surface area (Å²) in [6.45, 7) is 0.